The van der Waals surface area contributed by atoms with Crippen LogP contribution in [0.25, 0.3) is 6.08 Å². The lowest BCUT2D eigenvalue weighted by Crippen LogP contribution is -2.58. The third-order valence-electron chi connectivity index (χ3n) is 10.3. The number of aromatic nitrogens is 1. The topological polar surface area (TPSA) is 167 Å². The number of rotatable bonds is 7. The van der Waals surface area contributed by atoms with Crippen LogP contribution in [0.2, 0.25) is 0 Å². The van der Waals surface area contributed by atoms with Crippen LogP contribution in [0.3, 0.4) is 0 Å². The lowest BCUT2D eigenvalue weighted by Gasteiger charge is -2.31. The highest BCUT2D eigenvalue weighted by Crippen LogP contribution is 2.45. The number of hydrogen-bond acceptors (Lipinski definition) is 10. The Morgan fingerprint density at radius 3 is 2.74 bits per heavy atom. The van der Waals surface area contributed by atoms with Gasteiger partial charge in [-0.3, -0.25) is 24.0 Å². The van der Waals surface area contributed by atoms with Crippen molar-refractivity contribution in [2.45, 2.75) is 94.4 Å². The molecule has 4 heterocycles. The number of ether oxygens (including phenoxy) is 1. The van der Waals surface area contributed by atoms with Crippen molar-refractivity contribution in [1.82, 2.24) is 24.8 Å². The molecule has 0 unspecified atom stereocenters. The highest BCUT2D eigenvalue weighted by Gasteiger charge is 2.62. The number of nitrogens with one attached hydrogen (secondary N) is 3. The van der Waals surface area contributed by atoms with Crippen molar-refractivity contribution < 1.29 is 32.3 Å². The summed E-state index contributed by atoms with van der Waals surface area (Å²) >= 11 is 1.40. The molecule has 2 saturated carbocycles. The molecule has 6 bridgehead atoms. The maximum absolute atomic E-state index is 14.4. The average molecular weight is 723 g/mol. The van der Waals surface area contributed by atoms with E-state index in [-0.39, 0.29) is 31.2 Å². The van der Waals surface area contributed by atoms with E-state index in [9.17, 15) is 27.6 Å². The van der Waals surface area contributed by atoms with Crippen molar-refractivity contribution in [2.24, 2.45) is 11.8 Å². The normalized spacial score (nSPS) is 28.5. The van der Waals surface area contributed by atoms with Crippen LogP contribution in [-0.4, -0.2) is 82.5 Å². The van der Waals surface area contributed by atoms with Crippen molar-refractivity contribution in [1.29, 1.82) is 0 Å². The van der Waals surface area contributed by atoms with Crippen molar-refractivity contribution in [2.75, 3.05) is 11.9 Å². The molecule has 0 spiro atoms. The Hall–Kier alpha value is -4.24. The monoisotopic (exact) mass is 722 g/mol. The summed E-state index contributed by atoms with van der Waals surface area (Å²) < 4.78 is 33.4. The first kappa shape index (κ1) is 34.2. The Morgan fingerprint density at radius 2 is 2.02 bits per heavy atom. The zero-order valence-corrected chi connectivity index (χ0v) is 29.7. The van der Waals surface area contributed by atoms with Crippen molar-refractivity contribution in [3.05, 3.63) is 64.7 Å². The van der Waals surface area contributed by atoms with Crippen LogP contribution in [0.15, 0.2) is 42.3 Å². The third kappa shape index (κ3) is 6.64. The number of thiazole rings is 1. The summed E-state index contributed by atoms with van der Waals surface area (Å²) in [5.41, 5.74) is 2.49. The molecule has 1 aromatic heterocycles. The molecule has 2 aliphatic carbocycles. The highest BCUT2D eigenvalue weighted by molar-refractivity contribution is 7.91. The first-order valence-electron chi connectivity index (χ1n) is 17.1. The smallest absolute Gasteiger partial charge is 0.410 e. The molecular formula is C35H42N6O7S2. The van der Waals surface area contributed by atoms with E-state index in [0.717, 1.165) is 28.8 Å². The molecule has 50 heavy (non-hydrogen) atoms. The number of fused-ring (bicyclic) bond motifs is 5. The van der Waals surface area contributed by atoms with Gasteiger partial charge in [-0.2, -0.15) is 0 Å². The van der Waals surface area contributed by atoms with Gasteiger partial charge in [0, 0.05) is 24.3 Å². The van der Waals surface area contributed by atoms with E-state index in [2.05, 4.69) is 34.1 Å². The molecule has 5 aliphatic rings. The number of carbonyl (C=O) groups is 4. The molecule has 3 aliphatic heterocycles. The van der Waals surface area contributed by atoms with Gasteiger partial charge >= 0.3 is 6.09 Å². The molecule has 266 valence electrons. The van der Waals surface area contributed by atoms with Gasteiger partial charge in [-0.15, -0.1) is 17.9 Å². The van der Waals surface area contributed by atoms with Gasteiger partial charge in [-0.25, -0.2) is 18.2 Å². The van der Waals surface area contributed by atoms with Gasteiger partial charge in [0.25, 0.3) is 5.91 Å². The van der Waals surface area contributed by atoms with Crippen LogP contribution in [-0.2, 0) is 48.7 Å². The summed E-state index contributed by atoms with van der Waals surface area (Å²) in [6.07, 6.45) is 6.93. The van der Waals surface area contributed by atoms with Gasteiger partial charge in [-0.1, -0.05) is 50.3 Å². The number of nitrogens with zero attached hydrogens (tertiary/aromatic N) is 3. The summed E-state index contributed by atoms with van der Waals surface area (Å²) in [5.74, 6) is -2.52. The van der Waals surface area contributed by atoms with Crippen LogP contribution < -0.4 is 15.4 Å². The molecule has 0 radical (unpaired) electrons. The fourth-order valence-electron chi connectivity index (χ4n) is 7.10. The van der Waals surface area contributed by atoms with E-state index in [1.165, 1.54) is 22.3 Å². The number of amides is 4. The van der Waals surface area contributed by atoms with Gasteiger partial charge in [0.05, 0.1) is 24.0 Å². The van der Waals surface area contributed by atoms with Crippen molar-refractivity contribution in [3.63, 3.8) is 0 Å². The predicted molar refractivity (Wildman–Crippen MR) is 187 cm³/mol. The summed E-state index contributed by atoms with van der Waals surface area (Å²) in [4.78, 5) is 63.2. The Morgan fingerprint density at radius 1 is 1.22 bits per heavy atom. The van der Waals surface area contributed by atoms with Gasteiger partial charge in [-0.05, 0) is 54.7 Å². The van der Waals surface area contributed by atoms with Crippen LogP contribution in [0.1, 0.15) is 68.3 Å². The maximum Gasteiger partial charge on any atom is 0.410 e. The third-order valence-corrected chi connectivity index (χ3v) is 12.9. The standard InChI is InChI=1S/C35H42N6O7S2/c1-4-23-15-35(23,32(44)39-50(46,47)26-12-13-26)38-30(42)28-14-25-17-41(28)31(43)29(20(2)3)37-33-36-24(19-49-33)11-6-5-8-21-9-7-10-22-16-40(18-27(21)22)34(45)48-25/h4-5,7-10,19-20,23,25-26,28-29H,1,6,11-18H2,2-3H3,(H,36,37)(H,38,42)(H,39,44)/b8-5+/t23-,25-,28+,29+,35-/m1/s1. The molecule has 15 heteroatoms. The molecule has 3 fully saturated rings. The average Bonchev–Trinajstić information content (AvgIpc) is 3.89. The first-order valence-corrected chi connectivity index (χ1v) is 19.6. The lowest BCUT2D eigenvalue weighted by atomic mass is 10.0. The van der Waals surface area contributed by atoms with Crippen molar-refractivity contribution >= 4 is 56.4 Å². The van der Waals surface area contributed by atoms with E-state index in [1.807, 2.05) is 37.4 Å². The molecule has 5 atom stereocenters. The van der Waals surface area contributed by atoms with Crippen LogP contribution in [0, 0.1) is 11.8 Å². The van der Waals surface area contributed by atoms with Gasteiger partial charge < -0.3 is 20.3 Å². The Kier molecular flexibility index (Phi) is 8.99. The minimum atomic E-state index is -3.87. The first-order chi connectivity index (χ1) is 23.9. The zero-order chi connectivity index (χ0) is 35.4. The number of carbonyl (C=O) groups excluding carboxylic acids is 4. The number of anilines is 1. The van der Waals surface area contributed by atoms with E-state index in [0.29, 0.717) is 37.5 Å². The maximum atomic E-state index is 14.4. The van der Waals surface area contributed by atoms with E-state index >= 15 is 0 Å². The Bertz CT molecular complexity index is 1870. The van der Waals surface area contributed by atoms with E-state index in [4.69, 9.17) is 9.72 Å². The van der Waals surface area contributed by atoms with E-state index < -0.39 is 62.8 Å². The second-order valence-corrected chi connectivity index (χ2v) is 17.0. The molecule has 4 amide bonds. The molecule has 7 rings (SSSR count). The van der Waals surface area contributed by atoms with Gasteiger partial charge in [0.1, 0.15) is 23.7 Å². The van der Waals surface area contributed by atoms with Crippen LogP contribution in [0.4, 0.5) is 9.93 Å². The van der Waals surface area contributed by atoms with E-state index in [1.54, 1.807) is 4.90 Å². The molecule has 1 aromatic carbocycles. The number of aryl methyl sites for hydroxylation is 1. The minimum absolute atomic E-state index is 0.00112. The number of hydrogen-bond donors (Lipinski definition) is 3. The lowest BCUT2D eigenvalue weighted by molar-refractivity contribution is -0.140. The minimum Gasteiger partial charge on any atom is -0.444 e. The molecule has 13 nitrogen and oxygen atoms in total. The van der Waals surface area contributed by atoms with Crippen LogP contribution in [0.5, 0.6) is 0 Å². The fourth-order valence-corrected chi connectivity index (χ4v) is 9.25. The summed E-state index contributed by atoms with van der Waals surface area (Å²) in [6.45, 7) is 8.26. The summed E-state index contributed by atoms with van der Waals surface area (Å²) in [5, 5.41) is 8.01. The zero-order valence-electron chi connectivity index (χ0n) is 28.1. The van der Waals surface area contributed by atoms with Gasteiger partial charge in [0.15, 0.2) is 5.13 Å². The second-order valence-electron chi connectivity index (χ2n) is 14.2. The van der Waals surface area contributed by atoms with Crippen LogP contribution >= 0.6 is 11.3 Å². The SMILES string of the molecule is C=C[C@@H]1C[C@]1(NC(=O)[C@@H]1C[C@@H]2CN1C(=O)[C@H](C(C)C)Nc1nc(cs1)CC/C=C/c1cccc3c1CN(C3)C(=O)O2)C(=O)NS(=O)(=O)C1CC1. The molecule has 3 N–H and O–H groups in total. The Balaban J connectivity index is 1.17. The van der Waals surface area contributed by atoms with Gasteiger partial charge in [0.2, 0.25) is 21.8 Å². The number of sulfonamides is 1. The molecular weight excluding hydrogens is 681 g/mol. The fraction of sp³-hybridized carbons (Fsp3) is 0.514. The Labute approximate surface area is 295 Å². The second kappa shape index (κ2) is 13.1. The molecule has 1 saturated heterocycles. The largest absolute Gasteiger partial charge is 0.444 e. The van der Waals surface area contributed by atoms with Crippen molar-refractivity contribution in [3.8, 4) is 0 Å². The molecule has 2 aromatic rings. The summed E-state index contributed by atoms with van der Waals surface area (Å²) in [7, 11) is -3.87. The predicted octanol–water partition coefficient (Wildman–Crippen LogP) is 3.33. The summed E-state index contributed by atoms with van der Waals surface area (Å²) in [6, 6.07) is 4.14. The highest BCUT2D eigenvalue weighted by atomic mass is 32.2. The number of allylic oxidation sites excluding steroid dienone is 1. The number of benzene rings is 1. The quantitative estimate of drug-likeness (QED) is 0.364.